The largest absolute Gasteiger partial charge is 0.350 e. The molecule has 1 aromatic rings. The van der Waals surface area contributed by atoms with Crippen molar-refractivity contribution in [1.82, 2.24) is 5.32 Å². The van der Waals surface area contributed by atoms with Crippen LogP contribution in [0.5, 0.6) is 0 Å². The molecule has 5 heteroatoms. The Balaban J connectivity index is 2.85. The van der Waals surface area contributed by atoms with Gasteiger partial charge in [-0.1, -0.05) is 25.5 Å². The molecule has 0 fully saturated rings. The Morgan fingerprint density at radius 2 is 1.90 bits per heavy atom. The van der Waals surface area contributed by atoms with Crippen molar-refractivity contribution < 1.29 is 9.59 Å². The second kappa shape index (κ2) is 7.65. The average Bonchev–Trinajstić information content (AvgIpc) is 2.38. The molecule has 0 bridgehead atoms. The Bertz CT molecular complexity index is 472. The molecule has 0 saturated carbocycles. The minimum absolute atomic E-state index is 0.0357. The number of rotatable bonds is 6. The summed E-state index contributed by atoms with van der Waals surface area (Å²) in [6.07, 6.45) is 1.45. The molecule has 1 atom stereocenters. The number of para-hydroxylation sites is 1. The Labute approximate surface area is 119 Å². The summed E-state index contributed by atoms with van der Waals surface area (Å²) >= 11 is 0. The molecule has 0 aliphatic carbocycles. The molecular weight excluding hydrogens is 254 g/mol. The van der Waals surface area contributed by atoms with Gasteiger partial charge in [-0.2, -0.15) is 0 Å². The van der Waals surface area contributed by atoms with Crippen LogP contribution in [0.2, 0.25) is 0 Å². The second-order valence-corrected chi connectivity index (χ2v) is 5.06. The number of hydrogen-bond acceptors (Lipinski definition) is 3. The normalized spacial score (nSPS) is 12.1. The lowest BCUT2D eigenvalue weighted by Crippen LogP contribution is -2.36. The van der Waals surface area contributed by atoms with Gasteiger partial charge in [0.2, 0.25) is 5.91 Å². The van der Waals surface area contributed by atoms with Gasteiger partial charge in [-0.3, -0.25) is 9.59 Å². The van der Waals surface area contributed by atoms with Crippen LogP contribution < -0.4 is 16.4 Å². The van der Waals surface area contributed by atoms with E-state index in [1.165, 1.54) is 0 Å². The summed E-state index contributed by atoms with van der Waals surface area (Å²) in [6.45, 7) is 5.74. The molecule has 0 radical (unpaired) electrons. The maximum Gasteiger partial charge on any atom is 0.253 e. The summed E-state index contributed by atoms with van der Waals surface area (Å²) in [7, 11) is 0. The topological polar surface area (TPSA) is 84.2 Å². The molecule has 0 aromatic heterocycles. The lowest BCUT2D eigenvalue weighted by Gasteiger charge is -2.15. The summed E-state index contributed by atoms with van der Waals surface area (Å²) in [4.78, 5) is 24.0. The van der Waals surface area contributed by atoms with E-state index in [2.05, 4.69) is 10.6 Å². The highest BCUT2D eigenvalue weighted by Gasteiger charge is 2.17. The third-order valence-corrected chi connectivity index (χ3v) is 2.79. The molecule has 0 saturated heterocycles. The predicted octanol–water partition coefficient (Wildman–Crippen LogP) is 1.89. The van der Waals surface area contributed by atoms with E-state index in [1.54, 1.807) is 24.3 Å². The highest BCUT2D eigenvalue weighted by atomic mass is 16.2. The highest BCUT2D eigenvalue weighted by Crippen LogP contribution is 2.15. The van der Waals surface area contributed by atoms with Crippen molar-refractivity contribution in [3.05, 3.63) is 29.8 Å². The van der Waals surface area contributed by atoms with Crippen LogP contribution in [0.4, 0.5) is 5.69 Å². The standard InChI is InChI=1S/C15H23N3O2/c1-4-7-12(16)15(20)18-13-9-6-5-8-11(13)14(19)17-10(2)3/h5-6,8-10,12H,4,7,16H2,1-3H3,(H,17,19)(H,18,20). The summed E-state index contributed by atoms with van der Waals surface area (Å²) in [6, 6.07) is 6.39. The van der Waals surface area contributed by atoms with E-state index in [9.17, 15) is 9.59 Å². The van der Waals surface area contributed by atoms with E-state index < -0.39 is 6.04 Å². The quantitative estimate of drug-likeness (QED) is 0.742. The van der Waals surface area contributed by atoms with Crippen LogP contribution in [0.25, 0.3) is 0 Å². The zero-order valence-electron chi connectivity index (χ0n) is 12.3. The fourth-order valence-electron chi connectivity index (χ4n) is 1.80. The van der Waals surface area contributed by atoms with Gasteiger partial charge in [-0.05, 0) is 32.4 Å². The van der Waals surface area contributed by atoms with Gasteiger partial charge in [-0.25, -0.2) is 0 Å². The van der Waals surface area contributed by atoms with Crippen molar-refractivity contribution in [2.75, 3.05) is 5.32 Å². The van der Waals surface area contributed by atoms with Crippen LogP contribution in [0.15, 0.2) is 24.3 Å². The van der Waals surface area contributed by atoms with Gasteiger partial charge < -0.3 is 16.4 Å². The number of carbonyl (C=O) groups excluding carboxylic acids is 2. The fraction of sp³-hybridized carbons (Fsp3) is 0.467. The summed E-state index contributed by atoms with van der Waals surface area (Å²) in [5.74, 6) is -0.475. The van der Waals surface area contributed by atoms with Gasteiger partial charge in [0.15, 0.2) is 0 Å². The minimum atomic E-state index is -0.554. The van der Waals surface area contributed by atoms with Crippen LogP contribution in [0, 0.1) is 0 Å². The number of benzene rings is 1. The minimum Gasteiger partial charge on any atom is -0.350 e. The van der Waals surface area contributed by atoms with Gasteiger partial charge in [0.05, 0.1) is 17.3 Å². The van der Waals surface area contributed by atoms with Crippen molar-refractivity contribution in [2.24, 2.45) is 5.73 Å². The number of hydrogen-bond donors (Lipinski definition) is 3. The molecule has 5 nitrogen and oxygen atoms in total. The molecule has 1 aromatic carbocycles. The molecule has 110 valence electrons. The van der Waals surface area contributed by atoms with E-state index in [0.29, 0.717) is 17.7 Å². The molecule has 0 spiro atoms. The van der Waals surface area contributed by atoms with E-state index >= 15 is 0 Å². The van der Waals surface area contributed by atoms with Crippen molar-refractivity contribution in [3.8, 4) is 0 Å². The smallest absolute Gasteiger partial charge is 0.253 e. The monoisotopic (exact) mass is 277 g/mol. The zero-order valence-corrected chi connectivity index (χ0v) is 12.3. The molecule has 4 N–H and O–H groups in total. The van der Waals surface area contributed by atoms with Gasteiger partial charge >= 0.3 is 0 Å². The summed E-state index contributed by atoms with van der Waals surface area (Å²) in [5.41, 5.74) is 6.70. The fourth-order valence-corrected chi connectivity index (χ4v) is 1.80. The molecule has 0 aliphatic rings. The van der Waals surface area contributed by atoms with E-state index in [1.807, 2.05) is 20.8 Å². The number of carbonyl (C=O) groups is 2. The molecule has 2 amide bonds. The number of nitrogens with one attached hydrogen (secondary N) is 2. The number of amides is 2. The number of anilines is 1. The predicted molar refractivity (Wildman–Crippen MR) is 80.6 cm³/mol. The van der Waals surface area contributed by atoms with Crippen LogP contribution in [0.3, 0.4) is 0 Å². The lowest BCUT2D eigenvalue weighted by atomic mass is 10.1. The van der Waals surface area contributed by atoms with Gasteiger partial charge in [0.25, 0.3) is 5.91 Å². The van der Waals surface area contributed by atoms with Crippen molar-refractivity contribution >= 4 is 17.5 Å². The van der Waals surface area contributed by atoms with Crippen LogP contribution in [-0.2, 0) is 4.79 Å². The molecule has 1 rings (SSSR count). The van der Waals surface area contributed by atoms with E-state index in [0.717, 1.165) is 6.42 Å². The van der Waals surface area contributed by atoms with E-state index in [-0.39, 0.29) is 17.9 Å². The van der Waals surface area contributed by atoms with Crippen LogP contribution in [0.1, 0.15) is 44.0 Å². The van der Waals surface area contributed by atoms with Crippen LogP contribution in [-0.4, -0.2) is 23.9 Å². The summed E-state index contributed by atoms with van der Waals surface area (Å²) in [5, 5.41) is 5.53. The first kappa shape index (κ1) is 16.2. The first-order valence-corrected chi connectivity index (χ1v) is 6.92. The Hall–Kier alpha value is -1.88. The first-order valence-electron chi connectivity index (χ1n) is 6.92. The summed E-state index contributed by atoms with van der Waals surface area (Å²) < 4.78 is 0. The average molecular weight is 277 g/mol. The Morgan fingerprint density at radius 1 is 1.25 bits per heavy atom. The maximum atomic E-state index is 12.1. The molecule has 20 heavy (non-hydrogen) atoms. The lowest BCUT2D eigenvalue weighted by molar-refractivity contribution is -0.117. The Morgan fingerprint density at radius 3 is 2.50 bits per heavy atom. The van der Waals surface area contributed by atoms with Gasteiger partial charge in [0, 0.05) is 6.04 Å². The molecule has 0 heterocycles. The van der Waals surface area contributed by atoms with Gasteiger partial charge in [0.1, 0.15) is 0 Å². The Kier molecular flexibility index (Phi) is 6.18. The van der Waals surface area contributed by atoms with E-state index in [4.69, 9.17) is 5.73 Å². The van der Waals surface area contributed by atoms with Gasteiger partial charge in [-0.15, -0.1) is 0 Å². The third kappa shape index (κ3) is 4.66. The van der Waals surface area contributed by atoms with Crippen molar-refractivity contribution in [2.45, 2.75) is 45.7 Å². The second-order valence-electron chi connectivity index (χ2n) is 5.06. The zero-order chi connectivity index (χ0) is 15.1. The molecular formula is C15H23N3O2. The van der Waals surface area contributed by atoms with Crippen molar-refractivity contribution in [1.29, 1.82) is 0 Å². The molecule has 1 unspecified atom stereocenters. The first-order chi connectivity index (χ1) is 9.45. The molecule has 0 aliphatic heterocycles. The maximum absolute atomic E-state index is 12.1. The highest BCUT2D eigenvalue weighted by molar-refractivity contribution is 6.04. The van der Waals surface area contributed by atoms with Crippen molar-refractivity contribution in [3.63, 3.8) is 0 Å². The SMILES string of the molecule is CCCC(N)C(=O)Nc1ccccc1C(=O)NC(C)C. The van der Waals surface area contributed by atoms with Crippen LogP contribution >= 0.6 is 0 Å². The number of nitrogens with two attached hydrogens (primary N) is 1. The third-order valence-electron chi connectivity index (χ3n) is 2.79.